The van der Waals surface area contributed by atoms with Crippen molar-refractivity contribution in [2.24, 2.45) is 5.41 Å². The molecule has 0 radical (unpaired) electrons. The van der Waals surface area contributed by atoms with Crippen LogP contribution in [0.1, 0.15) is 25.7 Å². The topological polar surface area (TPSA) is 79.8 Å². The Labute approximate surface area is 113 Å². The van der Waals surface area contributed by atoms with Crippen molar-refractivity contribution in [2.45, 2.75) is 31.7 Å². The zero-order valence-electron chi connectivity index (χ0n) is 11.3. The van der Waals surface area contributed by atoms with Crippen LogP contribution < -0.4 is 10.6 Å². The highest BCUT2D eigenvalue weighted by molar-refractivity contribution is 5.74. The summed E-state index contributed by atoms with van der Waals surface area (Å²) in [5.74, 6) is 0. The Balaban J connectivity index is 1.72. The van der Waals surface area contributed by atoms with Gasteiger partial charge >= 0.3 is 6.03 Å². The lowest BCUT2D eigenvalue weighted by molar-refractivity contribution is -0.0139. The van der Waals surface area contributed by atoms with E-state index in [1.54, 1.807) is 0 Å². The highest BCUT2D eigenvalue weighted by atomic mass is 16.5. The molecule has 0 atom stereocenters. The predicted octanol–water partition coefficient (Wildman–Crippen LogP) is 0.254. The van der Waals surface area contributed by atoms with Crippen LogP contribution in [0.15, 0.2) is 0 Å². The molecule has 0 aliphatic carbocycles. The van der Waals surface area contributed by atoms with Gasteiger partial charge in [0.2, 0.25) is 0 Å². The first kappa shape index (κ1) is 14.6. The fourth-order valence-corrected chi connectivity index (χ4v) is 2.54. The summed E-state index contributed by atoms with van der Waals surface area (Å²) in [5, 5.41) is 15.4. The number of urea groups is 1. The zero-order valence-corrected chi connectivity index (χ0v) is 11.3. The predicted molar refractivity (Wildman–Crippen MR) is 69.9 cm³/mol. The second kappa shape index (κ2) is 7.07. The van der Waals surface area contributed by atoms with Gasteiger partial charge in [-0.05, 0) is 25.7 Å². The maximum Gasteiger partial charge on any atom is 0.315 e. The maximum absolute atomic E-state index is 11.8. The molecule has 0 bridgehead atoms. The van der Waals surface area contributed by atoms with Crippen LogP contribution in [0.5, 0.6) is 0 Å². The molecule has 110 valence electrons. The number of ether oxygens (including phenoxy) is 2. The summed E-state index contributed by atoms with van der Waals surface area (Å²) in [6.07, 6.45) is 3.32. The first-order chi connectivity index (χ1) is 9.24. The van der Waals surface area contributed by atoms with E-state index in [0.29, 0.717) is 33.0 Å². The van der Waals surface area contributed by atoms with Crippen molar-refractivity contribution >= 4 is 6.03 Å². The quantitative estimate of drug-likeness (QED) is 0.685. The molecule has 2 aliphatic rings. The van der Waals surface area contributed by atoms with Gasteiger partial charge in [-0.15, -0.1) is 0 Å². The Kier molecular flexibility index (Phi) is 5.42. The average Bonchev–Trinajstić information content (AvgIpc) is 2.47. The number of aliphatic hydroxyl groups is 1. The van der Waals surface area contributed by atoms with Gasteiger partial charge in [0.15, 0.2) is 0 Å². The summed E-state index contributed by atoms with van der Waals surface area (Å²) in [6, 6.07) is 0.0553. The third kappa shape index (κ3) is 4.33. The van der Waals surface area contributed by atoms with Crippen LogP contribution in [0.3, 0.4) is 0 Å². The third-order valence-corrected chi connectivity index (χ3v) is 4.07. The zero-order chi connectivity index (χ0) is 13.6. The van der Waals surface area contributed by atoms with Gasteiger partial charge in [-0.25, -0.2) is 4.79 Å². The van der Waals surface area contributed by atoms with Gasteiger partial charge in [0.05, 0.1) is 6.61 Å². The van der Waals surface area contributed by atoms with E-state index in [1.807, 2.05) is 0 Å². The molecule has 0 aromatic heterocycles. The number of carbonyl (C=O) groups excluding carboxylic acids is 1. The molecule has 0 aromatic rings. The summed E-state index contributed by atoms with van der Waals surface area (Å²) in [5.41, 5.74) is -0.217. The molecule has 0 aromatic carbocycles. The second-order valence-corrected chi connectivity index (χ2v) is 5.48. The van der Waals surface area contributed by atoms with Gasteiger partial charge in [-0.2, -0.15) is 0 Å². The molecule has 6 nitrogen and oxygen atoms in total. The van der Waals surface area contributed by atoms with Gasteiger partial charge < -0.3 is 25.2 Å². The van der Waals surface area contributed by atoms with Crippen molar-refractivity contribution in [3.05, 3.63) is 0 Å². The monoisotopic (exact) mass is 272 g/mol. The summed E-state index contributed by atoms with van der Waals surface area (Å²) in [6.45, 7) is 3.33. The number of hydrogen-bond donors (Lipinski definition) is 3. The van der Waals surface area contributed by atoms with Crippen molar-refractivity contribution in [3.8, 4) is 0 Å². The van der Waals surface area contributed by atoms with Gasteiger partial charge in [-0.1, -0.05) is 0 Å². The van der Waals surface area contributed by atoms with Gasteiger partial charge in [0, 0.05) is 44.4 Å². The summed E-state index contributed by atoms with van der Waals surface area (Å²) < 4.78 is 10.6. The third-order valence-electron chi connectivity index (χ3n) is 4.07. The number of nitrogens with one attached hydrogen (secondary N) is 2. The normalized spacial score (nSPS) is 23.8. The minimum absolute atomic E-state index is 0.0912. The Morgan fingerprint density at radius 1 is 1.16 bits per heavy atom. The lowest BCUT2D eigenvalue weighted by atomic mass is 9.81. The highest BCUT2D eigenvalue weighted by Crippen LogP contribution is 2.28. The van der Waals surface area contributed by atoms with Crippen LogP contribution in [0.25, 0.3) is 0 Å². The first-order valence-corrected chi connectivity index (χ1v) is 7.05. The fraction of sp³-hybridized carbons (Fsp3) is 0.923. The molecule has 0 saturated carbocycles. The number of rotatable bonds is 4. The number of hydrogen-bond acceptors (Lipinski definition) is 4. The number of aliphatic hydroxyl groups excluding tert-OH is 1. The smallest absolute Gasteiger partial charge is 0.315 e. The van der Waals surface area contributed by atoms with Gasteiger partial charge in [-0.3, -0.25) is 0 Å². The van der Waals surface area contributed by atoms with E-state index < -0.39 is 0 Å². The van der Waals surface area contributed by atoms with E-state index in [1.165, 1.54) is 0 Å². The molecule has 2 saturated heterocycles. The maximum atomic E-state index is 11.8. The van der Waals surface area contributed by atoms with Crippen molar-refractivity contribution < 1.29 is 19.4 Å². The average molecular weight is 272 g/mol. The lowest BCUT2D eigenvalue weighted by Gasteiger charge is -2.35. The van der Waals surface area contributed by atoms with Crippen molar-refractivity contribution in [2.75, 3.05) is 39.6 Å². The van der Waals surface area contributed by atoms with Crippen LogP contribution in [-0.2, 0) is 9.47 Å². The summed E-state index contributed by atoms with van der Waals surface area (Å²) >= 11 is 0. The molecule has 2 heterocycles. The van der Waals surface area contributed by atoms with E-state index in [0.717, 1.165) is 25.7 Å². The SMILES string of the molecule is O=C(NCC1(CO)CCOCC1)NC1CCOCC1. The van der Waals surface area contributed by atoms with Crippen molar-refractivity contribution in [1.82, 2.24) is 10.6 Å². The molecule has 3 N–H and O–H groups in total. The van der Waals surface area contributed by atoms with E-state index in [2.05, 4.69) is 10.6 Å². The van der Waals surface area contributed by atoms with Crippen LogP contribution in [0.2, 0.25) is 0 Å². The highest BCUT2D eigenvalue weighted by Gasteiger charge is 2.32. The number of amides is 2. The summed E-state index contributed by atoms with van der Waals surface area (Å²) in [7, 11) is 0. The van der Waals surface area contributed by atoms with E-state index in [9.17, 15) is 9.90 Å². The van der Waals surface area contributed by atoms with Gasteiger partial charge in [0.1, 0.15) is 0 Å². The van der Waals surface area contributed by atoms with Crippen LogP contribution in [-0.4, -0.2) is 56.8 Å². The Bertz CT molecular complexity index is 286. The van der Waals surface area contributed by atoms with E-state index in [-0.39, 0.29) is 24.1 Å². The minimum Gasteiger partial charge on any atom is -0.396 e. The second-order valence-electron chi connectivity index (χ2n) is 5.48. The number of carbonyl (C=O) groups is 1. The molecular weight excluding hydrogens is 248 g/mol. The molecular formula is C13H24N2O4. The standard InChI is InChI=1S/C13H24N2O4/c16-10-13(3-7-19-8-4-13)9-14-12(17)15-11-1-5-18-6-2-11/h11,16H,1-10H2,(H2,14,15,17). The fourth-order valence-electron chi connectivity index (χ4n) is 2.54. The Morgan fingerprint density at radius 3 is 2.42 bits per heavy atom. The van der Waals surface area contributed by atoms with E-state index >= 15 is 0 Å². The molecule has 0 spiro atoms. The minimum atomic E-state index is -0.217. The molecule has 2 rings (SSSR count). The Morgan fingerprint density at radius 2 is 1.79 bits per heavy atom. The molecule has 2 amide bonds. The summed E-state index contributed by atoms with van der Waals surface area (Å²) in [4.78, 5) is 11.8. The van der Waals surface area contributed by atoms with Crippen molar-refractivity contribution in [3.63, 3.8) is 0 Å². The Hall–Kier alpha value is -0.850. The van der Waals surface area contributed by atoms with Crippen LogP contribution >= 0.6 is 0 Å². The van der Waals surface area contributed by atoms with E-state index in [4.69, 9.17) is 9.47 Å². The first-order valence-electron chi connectivity index (χ1n) is 7.05. The van der Waals surface area contributed by atoms with Gasteiger partial charge in [0.25, 0.3) is 0 Å². The molecule has 0 unspecified atom stereocenters. The van der Waals surface area contributed by atoms with Crippen molar-refractivity contribution in [1.29, 1.82) is 0 Å². The van der Waals surface area contributed by atoms with Crippen LogP contribution in [0.4, 0.5) is 4.79 Å². The molecule has 2 aliphatic heterocycles. The molecule has 6 heteroatoms. The molecule has 2 fully saturated rings. The molecule has 19 heavy (non-hydrogen) atoms. The largest absolute Gasteiger partial charge is 0.396 e. The lowest BCUT2D eigenvalue weighted by Crippen LogP contribution is -2.49. The van der Waals surface area contributed by atoms with Crippen LogP contribution in [0, 0.1) is 5.41 Å².